The molecule has 1 unspecified atom stereocenters. The molecule has 3 nitrogen and oxygen atoms in total. The Morgan fingerprint density at radius 3 is 1.40 bits per heavy atom. The summed E-state index contributed by atoms with van der Waals surface area (Å²) >= 11 is 3.35. The van der Waals surface area contributed by atoms with Crippen LogP contribution in [0.15, 0.2) is 0 Å². The van der Waals surface area contributed by atoms with Gasteiger partial charge in [0.25, 0.3) is 0 Å². The maximum atomic E-state index is 11.2. The van der Waals surface area contributed by atoms with Crippen LogP contribution in [0.2, 0.25) is 0 Å². The molecule has 0 aromatic rings. The average Bonchev–Trinajstić information content (AvgIpc) is 2.59. The number of carbonyl (C=O) groups excluding carboxylic acids is 1. The summed E-state index contributed by atoms with van der Waals surface area (Å²) in [5.74, 6) is -1.33. The monoisotopic (exact) mass is 400 g/mol. The largest absolute Gasteiger partial charge is 2.00 e. The number of carbonyl (C=O) groups is 1. The zero-order valence-electron chi connectivity index (χ0n) is 16.8. The van der Waals surface area contributed by atoms with Crippen LogP contribution in [-0.4, -0.2) is 55.6 Å². The molecule has 0 amide bonds. The molecule has 0 radical (unpaired) electrons. The van der Waals surface area contributed by atoms with Crippen LogP contribution in [0.1, 0.15) is 110 Å². The van der Waals surface area contributed by atoms with Gasteiger partial charge >= 0.3 is 37.7 Å². The fraction of sp³-hybridized carbons (Fsp3) is 0.950. The van der Waals surface area contributed by atoms with Crippen LogP contribution in [0.3, 0.4) is 0 Å². The maximum Gasteiger partial charge on any atom is 2.00 e. The SMILES string of the molecule is CCCCCCCCCCCCCCCC([O-])CC.O=C([O-])CS.[Ca+2]. The Labute approximate surface area is 192 Å². The maximum absolute atomic E-state index is 11.2. The van der Waals surface area contributed by atoms with Gasteiger partial charge in [-0.05, 0) is 0 Å². The molecule has 0 heterocycles. The first kappa shape index (κ1) is 30.8. The number of unbranched alkanes of at least 4 members (excludes halogenated alkanes) is 12. The number of carboxylic acid groups (broad SMARTS) is 1. The molecular weight excluding hydrogens is 360 g/mol. The van der Waals surface area contributed by atoms with Crippen LogP contribution >= 0.6 is 12.6 Å². The third-order valence-corrected chi connectivity index (χ3v) is 4.47. The second-order valence-electron chi connectivity index (χ2n) is 6.59. The topological polar surface area (TPSA) is 63.2 Å². The molecule has 0 aromatic carbocycles. The van der Waals surface area contributed by atoms with Crippen LogP contribution in [0, 0.1) is 0 Å². The summed E-state index contributed by atoms with van der Waals surface area (Å²) in [5, 5.41) is 20.4. The van der Waals surface area contributed by atoms with E-state index in [1.165, 1.54) is 77.0 Å². The van der Waals surface area contributed by atoms with Crippen molar-refractivity contribution in [3.05, 3.63) is 0 Å². The van der Waals surface area contributed by atoms with Crippen molar-refractivity contribution in [3.8, 4) is 0 Å². The van der Waals surface area contributed by atoms with E-state index in [1.807, 2.05) is 6.92 Å². The Morgan fingerprint density at radius 2 is 1.12 bits per heavy atom. The molecule has 0 aliphatic carbocycles. The minimum atomic E-state index is -1.13. The average molecular weight is 401 g/mol. The van der Waals surface area contributed by atoms with Crippen LogP contribution in [0.4, 0.5) is 0 Å². The van der Waals surface area contributed by atoms with Gasteiger partial charge in [-0.1, -0.05) is 110 Å². The summed E-state index contributed by atoms with van der Waals surface area (Å²) < 4.78 is 0. The molecule has 0 spiro atoms. The Bertz CT molecular complexity index is 253. The molecule has 1 atom stereocenters. The van der Waals surface area contributed by atoms with Crippen molar-refractivity contribution in [2.75, 3.05) is 5.75 Å². The van der Waals surface area contributed by atoms with Gasteiger partial charge in [0, 0.05) is 5.75 Å². The molecule has 0 rings (SSSR count). The number of hydrogen-bond donors (Lipinski definition) is 1. The van der Waals surface area contributed by atoms with Gasteiger partial charge < -0.3 is 15.0 Å². The van der Waals surface area contributed by atoms with Crippen molar-refractivity contribution in [1.29, 1.82) is 0 Å². The van der Waals surface area contributed by atoms with E-state index in [0.29, 0.717) is 0 Å². The smallest absolute Gasteiger partial charge is 0.852 e. The van der Waals surface area contributed by atoms with Gasteiger partial charge in [-0.3, -0.25) is 0 Å². The standard InChI is InChI=1S/C18H37O.C2H4O2S.Ca/c1-3-5-6-7-8-9-10-11-12-13-14-15-16-17-18(19)4-2;3-2(4)1-5;/h18H,3-17H2,1-2H3;5H,1H2,(H,3,4);/q-1;;+2/p-1. The Kier molecular flexibility index (Phi) is 33.5. The molecular formula is C20H40CaO3S. The zero-order chi connectivity index (χ0) is 18.5. The molecule has 0 N–H and O–H groups in total. The second-order valence-corrected chi connectivity index (χ2v) is 6.91. The Balaban J connectivity index is -0.000000704. The number of aliphatic carboxylic acids is 1. The van der Waals surface area contributed by atoms with E-state index in [0.717, 1.165) is 19.3 Å². The number of thiol groups is 1. The molecule has 0 aromatic heterocycles. The number of carboxylic acids is 1. The summed E-state index contributed by atoms with van der Waals surface area (Å²) in [6.45, 7) is 4.28. The predicted molar refractivity (Wildman–Crippen MR) is 109 cm³/mol. The van der Waals surface area contributed by atoms with Gasteiger partial charge in [0.05, 0.1) is 5.97 Å². The summed E-state index contributed by atoms with van der Waals surface area (Å²) in [7, 11) is 0. The van der Waals surface area contributed by atoms with E-state index >= 15 is 0 Å². The summed E-state index contributed by atoms with van der Waals surface area (Å²) in [6, 6.07) is 0. The minimum absolute atomic E-state index is 0. The van der Waals surface area contributed by atoms with E-state index < -0.39 is 5.97 Å². The van der Waals surface area contributed by atoms with Crippen molar-refractivity contribution < 1.29 is 15.0 Å². The normalized spacial score (nSPS) is 11.2. The molecule has 0 saturated carbocycles. The van der Waals surface area contributed by atoms with Gasteiger partial charge in [-0.25, -0.2) is 0 Å². The first-order chi connectivity index (χ1) is 11.6. The summed E-state index contributed by atoms with van der Waals surface area (Å²) in [5.41, 5.74) is 0. The molecule has 25 heavy (non-hydrogen) atoms. The fourth-order valence-corrected chi connectivity index (χ4v) is 2.59. The number of rotatable bonds is 16. The third-order valence-electron chi connectivity index (χ3n) is 4.21. The molecule has 0 aliphatic rings. The van der Waals surface area contributed by atoms with Crippen molar-refractivity contribution in [2.24, 2.45) is 0 Å². The van der Waals surface area contributed by atoms with E-state index in [2.05, 4.69) is 19.6 Å². The molecule has 5 heteroatoms. The molecule has 0 aliphatic heterocycles. The zero-order valence-corrected chi connectivity index (χ0v) is 19.9. The summed E-state index contributed by atoms with van der Waals surface area (Å²) in [4.78, 5) is 9.18. The van der Waals surface area contributed by atoms with E-state index in [4.69, 9.17) is 0 Å². The van der Waals surface area contributed by atoms with Crippen LogP contribution in [0.25, 0.3) is 0 Å². The summed E-state index contributed by atoms with van der Waals surface area (Å²) in [6.07, 6.45) is 19.4. The van der Waals surface area contributed by atoms with Crippen molar-refractivity contribution in [1.82, 2.24) is 0 Å². The fourth-order valence-electron chi connectivity index (χ4n) is 2.59. The number of hydrogen-bond acceptors (Lipinski definition) is 4. The molecule has 0 fully saturated rings. The first-order valence-corrected chi connectivity index (χ1v) is 10.7. The molecule has 0 bridgehead atoms. The predicted octanol–water partition coefficient (Wildman–Crippen LogP) is 3.89. The third kappa shape index (κ3) is 33.1. The van der Waals surface area contributed by atoms with Crippen molar-refractivity contribution >= 4 is 56.3 Å². The molecule has 0 saturated heterocycles. The second kappa shape index (κ2) is 27.3. The van der Waals surface area contributed by atoms with Gasteiger partial charge in [-0.2, -0.15) is 12.6 Å². The van der Waals surface area contributed by atoms with Crippen molar-refractivity contribution in [2.45, 2.75) is 116 Å². The van der Waals surface area contributed by atoms with E-state index in [1.54, 1.807) is 0 Å². The first-order valence-electron chi connectivity index (χ1n) is 10.0. The molecule has 146 valence electrons. The van der Waals surface area contributed by atoms with Gasteiger partial charge in [-0.15, -0.1) is 6.10 Å². The van der Waals surface area contributed by atoms with E-state index in [-0.39, 0.29) is 49.6 Å². The van der Waals surface area contributed by atoms with Gasteiger partial charge in [0.1, 0.15) is 0 Å². The Hall–Kier alpha value is 1.04. The quantitative estimate of drug-likeness (QED) is 0.243. The van der Waals surface area contributed by atoms with Crippen LogP contribution < -0.4 is 10.2 Å². The van der Waals surface area contributed by atoms with Crippen molar-refractivity contribution in [3.63, 3.8) is 0 Å². The van der Waals surface area contributed by atoms with Crippen LogP contribution in [-0.2, 0) is 4.79 Å². The van der Waals surface area contributed by atoms with Crippen LogP contribution in [0.5, 0.6) is 0 Å². The minimum Gasteiger partial charge on any atom is -0.852 e. The Morgan fingerprint density at radius 1 is 0.800 bits per heavy atom. The van der Waals surface area contributed by atoms with E-state index in [9.17, 15) is 15.0 Å². The van der Waals surface area contributed by atoms with Gasteiger partial charge in [0.15, 0.2) is 0 Å². The van der Waals surface area contributed by atoms with Gasteiger partial charge in [0.2, 0.25) is 0 Å².